The Morgan fingerprint density at radius 1 is 1.30 bits per heavy atom. The number of nitrogens with two attached hydrogens (primary N) is 1. The average Bonchev–Trinajstić information content (AvgIpc) is 2.52. The summed E-state index contributed by atoms with van der Waals surface area (Å²) in [5, 5.41) is 0. The molecule has 110 valence electrons. The van der Waals surface area contributed by atoms with Crippen molar-refractivity contribution in [3.63, 3.8) is 0 Å². The van der Waals surface area contributed by atoms with E-state index in [0.29, 0.717) is 18.9 Å². The number of amides is 1. The first-order valence-corrected chi connectivity index (χ1v) is 7.48. The third kappa shape index (κ3) is 3.75. The second kappa shape index (κ2) is 5.86. The van der Waals surface area contributed by atoms with Crippen molar-refractivity contribution in [2.75, 3.05) is 12.3 Å². The van der Waals surface area contributed by atoms with Crippen LogP contribution in [0.4, 0.5) is 5.69 Å². The van der Waals surface area contributed by atoms with Crippen molar-refractivity contribution in [3.05, 3.63) is 29.8 Å². The van der Waals surface area contributed by atoms with Gasteiger partial charge >= 0.3 is 0 Å². The molecule has 0 saturated carbocycles. The average molecular weight is 274 g/mol. The van der Waals surface area contributed by atoms with Crippen molar-refractivity contribution in [1.29, 1.82) is 0 Å². The lowest BCUT2D eigenvalue weighted by molar-refractivity contribution is -0.131. The molecular weight excluding hydrogens is 248 g/mol. The Morgan fingerprint density at radius 2 is 2.05 bits per heavy atom. The number of carbonyl (C=O) groups is 1. The minimum atomic E-state index is 0.277. The van der Waals surface area contributed by atoms with Crippen LogP contribution in [0.1, 0.15) is 45.6 Å². The van der Waals surface area contributed by atoms with Crippen LogP contribution >= 0.6 is 0 Å². The zero-order chi connectivity index (χ0) is 14.8. The number of hydrogen-bond donors (Lipinski definition) is 1. The van der Waals surface area contributed by atoms with Gasteiger partial charge in [0.25, 0.3) is 0 Å². The molecule has 0 radical (unpaired) electrons. The summed E-state index contributed by atoms with van der Waals surface area (Å²) in [4.78, 5) is 14.3. The van der Waals surface area contributed by atoms with E-state index >= 15 is 0 Å². The van der Waals surface area contributed by atoms with E-state index in [9.17, 15) is 4.79 Å². The molecule has 1 saturated heterocycles. The number of anilines is 1. The second-order valence-electron chi connectivity index (χ2n) is 6.95. The second-order valence-corrected chi connectivity index (χ2v) is 6.95. The van der Waals surface area contributed by atoms with Crippen molar-refractivity contribution in [3.8, 4) is 0 Å². The molecule has 2 N–H and O–H groups in total. The Balaban J connectivity index is 2.04. The van der Waals surface area contributed by atoms with Gasteiger partial charge in [-0.15, -0.1) is 0 Å². The van der Waals surface area contributed by atoms with E-state index < -0.39 is 0 Å². The Morgan fingerprint density at radius 3 is 2.70 bits per heavy atom. The van der Waals surface area contributed by atoms with Gasteiger partial charge in [0.15, 0.2) is 0 Å². The molecule has 1 atom stereocenters. The summed E-state index contributed by atoms with van der Waals surface area (Å²) in [6.45, 7) is 8.36. The fraction of sp³-hybridized carbons (Fsp3) is 0.588. The summed E-state index contributed by atoms with van der Waals surface area (Å²) < 4.78 is 0. The number of nitrogens with zero attached hydrogens (tertiary/aromatic N) is 1. The maximum atomic E-state index is 12.3. The van der Waals surface area contributed by atoms with Gasteiger partial charge in [0.2, 0.25) is 5.91 Å². The van der Waals surface area contributed by atoms with Crippen molar-refractivity contribution in [1.82, 2.24) is 4.90 Å². The highest BCUT2D eigenvalue weighted by molar-refractivity contribution is 5.76. The van der Waals surface area contributed by atoms with E-state index in [1.54, 1.807) is 0 Å². The summed E-state index contributed by atoms with van der Waals surface area (Å²) in [5.74, 6) is 0.900. The highest BCUT2D eigenvalue weighted by Crippen LogP contribution is 2.34. The van der Waals surface area contributed by atoms with Gasteiger partial charge in [-0.3, -0.25) is 4.79 Å². The van der Waals surface area contributed by atoms with E-state index in [4.69, 9.17) is 5.73 Å². The van der Waals surface area contributed by atoms with Crippen LogP contribution in [0.25, 0.3) is 0 Å². The standard InChI is InChI=1S/C17H26N2O/c1-17(2,3)14-7-8-16(20)19(10-9-14)12-13-5-4-6-15(18)11-13/h4-6,11,14H,7-10,12,18H2,1-3H3. The quantitative estimate of drug-likeness (QED) is 0.840. The maximum absolute atomic E-state index is 12.3. The largest absolute Gasteiger partial charge is 0.399 e. The van der Waals surface area contributed by atoms with Gasteiger partial charge < -0.3 is 10.6 Å². The van der Waals surface area contributed by atoms with Crippen LogP contribution < -0.4 is 5.73 Å². The van der Waals surface area contributed by atoms with E-state index in [-0.39, 0.29) is 11.3 Å². The molecule has 3 nitrogen and oxygen atoms in total. The Bertz CT molecular complexity index is 476. The minimum absolute atomic E-state index is 0.277. The van der Waals surface area contributed by atoms with E-state index in [2.05, 4.69) is 20.8 Å². The first kappa shape index (κ1) is 14.9. The first-order valence-electron chi connectivity index (χ1n) is 7.48. The van der Waals surface area contributed by atoms with Crippen LogP contribution in [0, 0.1) is 11.3 Å². The van der Waals surface area contributed by atoms with Crippen LogP contribution in [0.5, 0.6) is 0 Å². The molecule has 2 rings (SSSR count). The summed E-state index contributed by atoms with van der Waals surface area (Å²) in [7, 11) is 0. The zero-order valence-corrected chi connectivity index (χ0v) is 12.9. The van der Waals surface area contributed by atoms with Crippen LogP contribution in [0.2, 0.25) is 0 Å². The summed E-state index contributed by atoms with van der Waals surface area (Å²) >= 11 is 0. The molecule has 1 unspecified atom stereocenters. The summed E-state index contributed by atoms with van der Waals surface area (Å²) in [6.07, 6.45) is 2.78. The monoisotopic (exact) mass is 274 g/mol. The van der Waals surface area contributed by atoms with Crippen LogP contribution in [-0.4, -0.2) is 17.4 Å². The molecule has 0 aliphatic carbocycles. The molecule has 20 heavy (non-hydrogen) atoms. The normalized spacial score (nSPS) is 20.9. The highest BCUT2D eigenvalue weighted by atomic mass is 16.2. The number of nitrogen functional groups attached to an aromatic ring is 1. The summed E-state index contributed by atoms with van der Waals surface area (Å²) in [6, 6.07) is 7.82. The predicted octanol–water partition coefficient (Wildman–Crippen LogP) is 3.44. The molecular formula is C17H26N2O. The zero-order valence-electron chi connectivity index (χ0n) is 12.9. The highest BCUT2D eigenvalue weighted by Gasteiger charge is 2.29. The molecule has 1 amide bonds. The Hall–Kier alpha value is -1.51. The van der Waals surface area contributed by atoms with Gasteiger partial charge in [0.1, 0.15) is 0 Å². The number of hydrogen-bond acceptors (Lipinski definition) is 2. The molecule has 0 spiro atoms. The van der Waals surface area contributed by atoms with Crippen LogP contribution in [0.3, 0.4) is 0 Å². The van der Waals surface area contributed by atoms with E-state index in [1.807, 2.05) is 29.2 Å². The molecule has 1 aromatic carbocycles. The van der Waals surface area contributed by atoms with Gasteiger partial charge in [0, 0.05) is 25.2 Å². The molecule has 1 fully saturated rings. The molecule has 1 aliphatic heterocycles. The fourth-order valence-electron chi connectivity index (χ4n) is 2.98. The lowest BCUT2D eigenvalue weighted by atomic mass is 9.77. The SMILES string of the molecule is CC(C)(C)C1CCC(=O)N(Cc2cccc(N)c2)CC1. The van der Waals surface area contributed by atoms with Crippen LogP contribution in [-0.2, 0) is 11.3 Å². The maximum Gasteiger partial charge on any atom is 0.222 e. The molecule has 3 heteroatoms. The van der Waals surface area contributed by atoms with Gasteiger partial charge in [-0.1, -0.05) is 32.9 Å². The topological polar surface area (TPSA) is 46.3 Å². The van der Waals surface area contributed by atoms with Gasteiger partial charge in [-0.05, 0) is 41.9 Å². The third-order valence-electron chi connectivity index (χ3n) is 4.36. The van der Waals surface area contributed by atoms with Gasteiger partial charge in [0.05, 0.1) is 0 Å². The molecule has 0 aromatic heterocycles. The summed E-state index contributed by atoms with van der Waals surface area (Å²) in [5.41, 5.74) is 7.97. The van der Waals surface area contributed by atoms with Crippen molar-refractivity contribution >= 4 is 11.6 Å². The molecule has 1 heterocycles. The van der Waals surface area contributed by atoms with E-state index in [0.717, 1.165) is 30.6 Å². The minimum Gasteiger partial charge on any atom is -0.399 e. The molecule has 1 aliphatic rings. The van der Waals surface area contributed by atoms with Crippen molar-refractivity contribution in [2.24, 2.45) is 11.3 Å². The first-order chi connectivity index (χ1) is 9.36. The van der Waals surface area contributed by atoms with Crippen molar-refractivity contribution < 1.29 is 4.79 Å². The Kier molecular flexibility index (Phi) is 4.36. The molecule has 1 aromatic rings. The molecule has 0 bridgehead atoms. The van der Waals surface area contributed by atoms with Crippen molar-refractivity contribution in [2.45, 2.75) is 46.6 Å². The lowest BCUT2D eigenvalue weighted by Gasteiger charge is -2.29. The number of rotatable bonds is 2. The number of benzene rings is 1. The number of likely N-dealkylation sites (tertiary alicyclic amines) is 1. The Labute approximate surface area is 122 Å². The lowest BCUT2D eigenvalue weighted by Crippen LogP contribution is -2.30. The van der Waals surface area contributed by atoms with Crippen LogP contribution in [0.15, 0.2) is 24.3 Å². The van der Waals surface area contributed by atoms with E-state index in [1.165, 1.54) is 0 Å². The van der Waals surface area contributed by atoms with Gasteiger partial charge in [-0.25, -0.2) is 0 Å². The van der Waals surface area contributed by atoms with Gasteiger partial charge in [-0.2, -0.15) is 0 Å². The number of carbonyl (C=O) groups excluding carboxylic acids is 1. The third-order valence-corrected chi connectivity index (χ3v) is 4.36. The fourth-order valence-corrected chi connectivity index (χ4v) is 2.98. The predicted molar refractivity (Wildman–Crippen MR) is 83.1 cm³/mol. The smallest absolute Gasteiger partial charge is 0.222 e.